The molecule has 3 heterocycles. The van der Waals surface area contributed by atoms with E-state index in [2.05, 4.69) is 4.98 Å². The van der Waals surface area contributed by atoms with Crippen LogP contribution in [0.5, 0.6) is 0 Å². The largest absolute Gasteiger partial charge is 0.337 e. The van der Waals surface area contributed by atoms with Crippen LogP contribution in [0.3, 0.4) is 0 Å². The Morgan fingerprint density at radius 1 is 1.22 bits per heavy atom. The van der Waals surface area contributed by atoms with Crippen LogP contribution in [0.2, 0.25) is 0 Å². The van der Waals surface area contributed by atoms with E-state index in [0.29, 0.717) is 25.2 Å². The molecular weight excluding hydrogens is 314 g/mol. The first kappa shape index (κ1) is 16.4. The van der Waals surface area contributed by atoms with Gasteiger partial charge in [0.15, 0.2) is 0 Å². The number of hydrogen-bond acceptors (Lipinski definition) is 4. The fraction of sp³-hybridized carbons (Fsp3) is 0.625. The lowest BCUT2D eigenvalue weighted by atomic mass is 9.87. The van der Waals surface area contributed by atoms with Crippen molar-refractivity contribution in [2.24, 2.45) is 0 Å². The summed E-state index contributed by atoms with van der Waals surface area (Å²) in [5.41, 5.74) is 1.10. The van der Waals surface area contributed by atoms with Crippen LogP contribution in [0.4, 0.5) is 0 Å². The highest BCUT2D eigenvalue weighted by molar-refractivity contribution is 7.88. The van der Waals surface area contributed by atoms with Crippen molar-refractivity contribution < 1.29 is 13.2 Å². The summed E-state index contributed by atoms with van der Waals surface area (Å²) in [6.45, 7) is 3.62. The van der Waals surface area contributed by atoms with Crippen molar-refractivity contribution in [2.75, 3.05) is 25.9 Å². The van der Waals surface area contributed by atoms with Gasteiger partial charge in [0.05, 0.1) is 17.4 Å². The van der Waals surface area contributed by atoms with Crippen molar-refractivity contribution in [3.05, 3.63) is 29.6 Å². The number of amides is 1. The summed E-state index contributed by atoms with van der Waals surface area (Å²) < 4.78 is 25.8. The number of nitrogens with zero attached hydrogens (tertiary/aromatic N) is 3. The molecule has 0 radical (unpaired) electrons. The minimum absolute atomic E-state index is 0.0550. The molecule has 126 valence electrons. The second-order valence-corrected chi connectivity index (χ2v) is 8.65. The summed E-state index contributed by atoms with van der Waals surface area (Å²) in [4.78, 5) is 18.7. The fourth-order valence-corrected chi connectivity index (χ4v) is 5.38. The summed E-state index contributed by atoms with van der Waals surface area (Å²) in [5, 5.41) is 0. The zero-order valence-corrected chi connectivity index (χ0v) is 14.5. The van der Waals surface area contributed by atoms with Crippen LogP contribution in [-0.4, -0.2) is 59.9 Å². The van der Waals surface area contributed by atoms with Crippen LogP contribution in [0.15, 0.2) is 18.5 Å². The van der Waals surface area contributed by atoms with Crippen LogP contribution >= 0.6 is 0 Å². The quantitative estimate of drug-likeness (QED) is 0.818. The van der Waals surface area contributed by atoms with Crippen LogP contribution in [0, 0.1) is 6.92 Å². The lowest BCUT2D eigenvalue weighted by molar-refractivity contribution is 0.0524. The monoisotopic (exact) mass is 337 g/mol. The standard InChI is InChI=1S/C16H23N3O3S/c1-13-9-14(11-17-10-13)15(20)18-7-3-5-16(12-18)6-4-8-19(16)23(2,21)22/h9-11H,3-8,12H2,1-2H3. The first-order valence-corrected chi connectivity index (χ1v) is 9.85. The molecule has 3 rings (SSSR count). The predicted molar refractivity (Wildman–Crippen MR) is 87.6 cm³/mol. The van der Waals surface area contributed by atoms with Gasteiger partial charge >= 0.3 is 0 Å². The van der Waals surface area contributed by atoms with Gasteiger partial charge in [0.25, 0.3) is 5.91 Å². The van der Waals surface area contributed by atoms with Crippen LogP contribution in [-0.2, 0) is 10.0 Å². The number of carbonyl (C=O) groups is 1. The van der Waals surface area contributed by atoms with E-state index >= 15 is 0 Å². The molecule has 0 bridgehead atoms. The Balaban J connectivity index is 1.85. The topological polar surface area (TPSA) is 70.6 Å². The average molecular weight is 337 g/mol. The Morgan fingerprint density at radius 2 is 1.91 bits per heavy atom. The summed E-state index contributed by atoms with van der Waals surface area (Å²) >= 11 is 0. The number of rotatable bonds is 2. The number of hydrogen-bond donors (Lipinski definition) is 0. The maximum absolute atomic E-state index is 12.8. The van der Waals surface area contributed by atoms with E-state index in [1.807, 2.05) is 13.0 Å². The third-order valence-corrected chi connectivity index (χ3v) is 6.27. The van der Waals surface area contributed by atoms with E-state index in [4.69, 9.17) is 0 Å². The molecule has 1 aromatic rings. The molecule has 2 saturated heterocycles. The van der Waals surface area contributed by atoms with E-state index in [1.165, 1.54) is 6.26 Å². The Kier molecular flexibility index (Phi) is 4.18. The Bertz CT molecular complexity index is 719. The van der Waals surface area contributed by atoms with E-state index < -0.39 is 15.6 Å². The second-order valence-electron chi connectivity index (χ2n) is 6.74. The Labute approximate surface area is 137 Å². The maximum atomic E-state index is 12.8. The van der Waals surface area contributed by atoms with Crippen molar-refractivity contribution in [2.45, 2.75) is 38.1 Å². The van der Waals surface area contributed by atoms with Gasteiger partial charge in [0, 0.05) is 32.0 Å². The average Bonchev–Trinajstić information content (AvgIpc) is 2.89. The molecule has 6 nitrogen and oxygen atoms in total. The number of aromatic nitrogens is 1. The van der Waals surface area contributed by atoms with E-state index in [-0.39, 0.29) is 5.91 Å². The third kappa shape index (κ3) is 3.12. The lowest BCUT2D eigenvalue weighted by Gasteiger charge is -2.44. The molecule has 2 aliphatic heterocycles. The molecule has 0 saturated carbocycles. The molecule has 0 aromatic carbocycles. The number of piperidine rings is 1. The predicted octanol–water partition coefficient (Wildman–Crippen LogP) is 1.42. The van der Waals surface area contributed by atoms with Gasteiger partial charge in [-0.15, -0.1) is 0 Å². The number of likely N-dealkylation sites (tertiary alicyclic amines) is 1. The van der Waals surface area contributed by atoms with Gasteiger partial charge in [-0.1, -0.05) is 0 Å². The normalized spacial score (nSPS) is 25.9. The first-order valence-electron chi connectivity index (χ1n) is 8.01. The minimum Gasteiger partial charge on any atom is -0.337 e. The minimum atomic E-state index is -3.25. The van der Waals surface area contributed by atoms with Gasteiger partial charge in [0.2, 0.25) is 10.0 Å². The van der Waals surface area contributed by atoms with Gasteiger partial charge in [0.1, 0.15) is 0 Å². The number of carbonyl (C=O) groups excluding carboxylic acids is 1. The van der Waals surface area contributed by atoms with Crippen LogP contribution < -0.4 is 0 Å². The zero-order chi connectivity index (χ0) is 16.7. The van der Waals surface area contributed by atoms with Gasteiger partial charge < -0.3 is 4.90 Å². The fourth-order valence-electron chi connectivity index (χ4n) is 3.98. The third-order valence-electron chi connectivity index (χ3n) is 4.90. The summed E-state index contributed by atoms with van der Waals surface area (Å²) in [6, 6.07) is 1.83. The van der Waals surface area contributed by atoms with E-state index in [1.54, 1.807) is 21.6 Å². The molecule has 2 fully saturated rings. The summed E-state index contributed by atoms with van der Waals surface area (Å²) in [7, 11) is -3.25. The Morgan fingerprint density at radius 3 is 2.57 bits per heavy atom. The highest BCUT2D eigenvalue weighted by Gasteiger charge is 2.48. The van der Waals surface area contributed by atoms with Gasteiger partial charge in [-0.05, 0) is 44.2 Å². The highest BCUT2D eigenvalue weighted by Crippen LogP contribution is 2.39. The van der Waals surface area contributed by atoms with Crippen LogP contribution in [0.1, 0.15) is 41.6 Å². The molecule has 1 amide bonds. The van der Waals surface area contributed by atoms with Gasteiger partial charge in [-0.25, -0.2) is 8.42 Å². The molecule has 1 atom stereocenters. The lowest BCUT2D eigenvalue weighted by Crippen LogP contribution is -2.58. The molecule has 1 spiro atoms. The number of aryl methyl sites for hydroxylation is 1. The Hall–Kier alpha value is -1.47. The SMILES string of the molecule is Cc1cncc(C(=O)N2CCCC3(CCCN3S(C)(=O)=O)C2)c1. The number of pyridine rings is 1. The summed E-state index contributed by atoms with van der Waals surface area (Å²) in [5.74, 6) is -0.0550. The summed E-state index contributed by atoms with van der Waals surface area (Å²) in [6.07, 6.45) is 7.92. The van der Waals surface area contributed by atoms with Crippen molar-refractivity contribution in [1.82, 2.24) is 14.2 Å². The molecule has 0 aliphatic carbocycles. The second kappa shape index (κ2) is 5.87. The van der Waals surface area contributed by atoms with Crippen molar-refractivity contribution in [1.29, 1.82) is 0 Å². The van der Waals surface area contributed by atoms with Gasteiger partial charge in [-0.2, -0.15) is 4.31 Å². The van der Waals surface area contributed by atoms with E-state index in [9.17, 15) is 13.2 Å². The molecule has 1 aromatic heterocycles. The molecule has 2 aliphatic rings. The molecule has 23 heavy (non-hydrogen) atoms. The van der Waals surface area contributed by atoms with Crippen molar-refractivity contribution in [3.63, 3.8) is 0 Å². The molecule has 0 N–H and O–H groups in total. The van der Waals surface area contributed by atoms with Crippen molar-refractivity contribution in [3.8, 4) is 0 Å². The molecular formula is C16H23N3O3S. The maximum Gasteiger partial charge on any atom is 0.255 e. The molecule has 1 unspecified atom stereocenters. The zero-order valence-electron chi connectivity index (χ0n) is 13.7. The van der Waals surface area contributed by atoms with Crippen molar-refractivity contribution >= 4 is 15.9 Å². The molecule has 7 heteroatoms. The highest BCUT2D eigenvalue weighted by atomic mass is 32.2. The van der Waals surface area contributed by atoms with E-state index in [0.717, 1.165) is 31.2 Å². The smallest absolute Gasteiger partial charge is 0.255 e. The van der Waals surface area contributed by atoms with Gasteiger partial charge in [-0.3, -0.25) is 9.78 Å². The number of sulfonamides is 1. The van der Waals surface area contributed by atoms with Crippen LogP contribution in [0.25, 0.3) is 0 Å². The first-order chi connectivity index (χ1) is 10.8.